The predicted octanol–water partition coefficient (Wildman–Crippen LogP) is 1.03. The van der Waals surface area contributed by atoms with Gasteiger partial charge in [0.2, 0.25) is 0 Å². The molecule has 0 aliphatic rings. The molecule has 5 N–H and O–H groups in total. The highest BCUT2D eigenvalue weighted by Gasteiger charge is 2.16. The van der Waals surface area contributed by atoms with Gasteiger partial charge in [0.15, 0.2) is 5.13 Å². The van der Waals surface area contributed by atoms with Gasteiger partial charge in [-0.3, -0.25) is 4.79 Å². The molecular weight excluding hydrogens is 200 g/mol. The number of aromatic nitrogens is 1. The minimum atomic E-state index is -0.540. The fraction of sp³-hybridized carbons (Fsp3) is 0.500. The van der Waals surface area contributed by atoms with Crippen LogP contribution >= 0.6 is 11.3 Å². The van der Waals surface area contributed by atoms with Crippen LogP contribution in [0.1, 0.15) is 30.4 Å². The summed E-state index contributed by atoms with van der Waals surface area (Å²) in [5, 5.41) is 3.73. The number of thiazole rings is 1. The molecule has 1 rings (SSSR count). The van der Waals surface area contributed by atoms with Gasteiger partial charge in [-0.05, 0) is 20.8 Å². The number of anilines is 2. The van der Waals surface area contributed by atoms with E-state index < -0.39 is 5.91 Å². The number of amides is 1. The maximum absolute atomic E-state index is 10.9. The summed E-state index contributed by atoms with van der Waals surface area (Å²) in [5.41, 5.74) is 10.5. The van der Waals surface area contributed by atoms with Gasteiger partial charge >= 0.3 is 0 Å². The highest BCUT2D eigenvalue weighted by molar-refractivity contribution is 7.18. The van der Waals surface area contributed by atoms with Gasteiger partial charge in [0.25, 0.3) is 5.91 Å². The Morgan fingerprint density at radius 1 is 1.50 bits per heavy atom. The Balaban J connectivity index is 2.92. The van der Waals surface area contributed by atoms with E-state index in [0.717, 1.165) is 0 Å². The Hall–Kier alpha value is -1.30. The molecule has 0 aromatic carbocycles. The van der Waals surface area contributed by atoms with Crippen LogP contribution < -0.4 is 16.8 Å². The fourth-order valence-corrected chi connectivity index (χ4v) is 1.83. The number of nitrogens with one attached hydrogen (secondary N) is 1. The van der Waals surface area contributed by atoms with Gasteiger partial charge in [-0.25, -0.2) is 4.98 Å². The Morgan fingerprint density at radius 3 is 2.43 bits per heavy atom. The van der Waals surface area contributed by atoms with Gasteiger partial charge < -0.3 is 16.8 Å². The van der Waals surface area contributed by atoms with Crippen molar-refractivity contribution in [1.29, 1.82) is 0 Å². The second-order valence-corrected chi connectivity index (χ2v) is 4.97. The van der Waals surface area contributed by atoms with Crippen LogP contribution in [0, 0.1) is 0 Å². The molecule has 0 fully saturated rings. The lowest BCUT2D eigenvalue weighted by atomic mass is 10.1. The minimum Gasteiger partial charge on any atom is -0.382 e. The number of hydrogen-bond donors (Lipinski definition) is 3. The van der Waals surface area contributed by atoms with Crippen LogP contribution in [-0.4, -0.2) is 16.4 Å². The molecule has 1 aromatic heterocycles. The smallest absolute Gasteiger partial charge is 0.262 e. The zero-order valence-electron chi connectivity index (χ0n) is 8.42. The lowest BCUT2D eigenvalue weighted by Gasteiger charge is -2.19. The van der Waals surface area contributed by atoms with Crippen molar-refractivity contribution in [2.24, 2.45) is 5.73 Å². The Bertz CT molecular complexity index is 353. The molecule has 0 bridgehead atoms. The molecule has 1 aromatic rings. The maximum atomic E-state index is 10.9. The number of hydrogen-bond acceptors (Lipinski definition) is 5. The third-order valence-electron chi connectivity index (χ3n) is 1.36. The van der Waals surface area contributed by atoms with Crippen LogP contribution in [0.2, 0.25) is 0 Å². The highest BCUT2D eigenvalue weighted by Crippen LogP contribution is 2.26. The summed E-state index contributed by atoms with van der Waals surface area (Å²) < 4.78 is 0. The average Bonchev–Trinajstić information content (AvgIpc) is 2.26. The second kappa shape index (κ2) is 3.45. The van der Waals surface area contributed by atoms with Gasteiger partial charge in [0.05, 0.1) is 0 Å². The number of nitrogens with zero attached hydrogens (tertiary/aromatic N) is 1. The first-order chi connectivity index (χ1) is 6.29. The highest BCUT2D eigenvalue weighted by atomic mass is 32.1. The van der Waals surface area contributed by atoms with Gasteiger partial charge in [0, 0.05) is 5.54 Å². The first-order valence-electron chi connectivity index (χ1n) is 4.14. The van der Waals surface area contributed by atoms with Crippen LogP contribution in [-0.2, 0) is 0 Å². The van der Waals surface area contributed by atoms with Gasteiger partial charge in [-0.2, -0.15) is 0 Å². The number of nitrogen functional groups attached to an aromatic ring is 1. The van der Waals surface area contributed by atoms with Gasteiger partial charge in [-0.15, -0.1) is 0 Å². The molecule has 1 amide bonds. The van der Waals surface area contributed by atoms with Crippen molar-refractivity contribution in [3.8, 4) is 0 Å². The lowest BCUT2D eigenvalue weighted by Crippen LogP contribution is -2.25. The monoisotopic (exact) mass is 214 g/mol. The minimum absolute atomic E-state index is 0.112. The van der Waals surface area contributed by atoms with E-state index in [0.29, 0.717) is 10.0 Å². The first kappa shape index (κ1) is 10.8. The Kier molecular flexibility index (Phi) is 2.66. The van der Waals surface area contributed by atoms with Crippen molar-refractivity contribution in [2.45, 2.75) is 26.3 Å². The van der Waals surface area contributed by atoms with E-state index in [1.807, 2.05) is 20.8 Å². The molecule has 14 heavy (non-hydrogen) atoms. The van der Waals surface area contributed by atoms with Crippen molar-refractivity contribution in [1.82, 2.24) is 4.98 Å². The van der Waals surface area contributed by atoms with Gasteiger partial charge in [-0.1, -0.05) is 11.3 Å². The third kappa shape index (κ3) is 2.59. The number of carbonyl (C=O) groups excluding carboxylic acids is 1. The van der Waals surface area contributed by atoms with Crippen molar-refractivity contribution < 1.29 is 4.79 Å². The van der Waals surface area contributed by atoms with E-state index in [-0.39, 0.29) is 11.4 Å². The standard InChI is InChI=1S/C8H14N4OS/c1-8(2,3)12-7-11-5(9)4(14-7)6(10)13/h9H2,1-3H3,(H2,10,13)(H,11,12). The molecule has 0 unspecified atom stereocenters. The van der Waals surface area contributed by atoms with E-state index >= 15 is 0 Å². The Morgan fingerprint density at radius 2 is 2.07 bits per heavy atom. The number of rotatable bonds is 2. The number of nitrogens with two attached hydrogens (primary N) is 2. The van der Waals surface area contributed by atoms with Crippen LogP contribution in [0.3, 0.4) is 0 Å². The molecule has 0 spiro atoms. The molecule has 0 radical (unpaired) electrons. The molecule has 0 aliphatic carbocycles. The second-order valence-electron chi connectivity index (χ2n) is 3.97. The van der Waals surface area contributed by atoms with Crippen LogP contribution in [0.25, 0.3) is 0 Å². The summed E-state index contributed by atoms with van der Waals surface area (Å²) in [6, 6.07) is 0. The molecule has 78 valence electrons. The molecule has 0 aliphatic heterocycles. The topological polar surface area (TPSA) is 94.0 Å². The van der Waals surface area contributed by atoms with E-state index in [1.54, 1.807) is 0 Å². The summed E-state index contributed by atoms with van der Waals surface area (Å²) in [6.07, 6.45) is 0. The number of primary amides is 1. The summed E-state index contributed by atoms with van der Waals surface area (Å²) in [6.45, 7) is 5.98. The average molecular weight is 214 g/mol. The van der Waals surface area contributed by atoms with E-state index in [9.17, 15) is 4.79 Å². The first-order valence-corrected chi connectivity index (χ1v) is 4.95. The van der Waals surface area contributed by atoms with Crippen LogP contribution in [0.15, 0.2) is 0 Å². The molecule has 5 nitrogen and oxygen atoms in total. The normalized spacial score (nSPS) is 11.4. The van der Waals surface area contributed by atoms with Crippen LogP contribution in [0.4, 0.5) is 10.9 Å². The molecule has 6 heteroatoms. The quantitative estimate of drug-likeness (QED) is 0.685. The zero-order valence-corrected chi connectivity index (χ0v) is 9.23. The van der Waals surface area contributed by atoms with Crippen LogP contribution in [0.5, 0.6) is 0 Å². The molecule has 0 saturated heterocycles. The maximum Gasteiger partial charge on any atom is 0.262 e. The van der Waals surface area contributed by atoms with Crippen molar-refractivity contribution in [2.75, 3.05) is 11.1 Å². The molecular formula is C8H14N4OS. The summed E-state index contributed by atoms with van der Waals surface area (Å²) in [7, 11) is 0. The number of carbonyl (C=O) groups is 1. The van der Waals surface area contributed by atoms with Crippen molar-refractivity contribution >= 4 is 28.2 Å². The van der Waals surface area contributed by atoms with E-state index in [1.165, 1.54) is 11.3 Å². The van der Waals surface area contributed by atoms with Crippen molar-refractivity contribution in [3.05, 3.63) is 4.88 Å². The summed E-state index contributed by atoms with van der Waals surface area (Å²) >= 11 is 1.17. The fourth-order valence-electron chi connectivity index (χ4n) is 0.883. The molecule has 1 heterocycles. The SMILES string of the molecule is CC(C)(C)Nc1nc(N)c(C(N)=O)s1. The lowest BCUT2D eigenvalue weighted by molar-refractivity contribution is 0.100. The molecule has 0 saturated carbocycles. The largest absolute Gasteiger partial charge is 0.382 e. The predicted molar refractivity (Wildman–Crippen MR) is 58.4 cm³/mol. The summed E-state index contributed by atoms with van der Waals surface area (Å²) in [5.74, 6) is -0.351. The van der Waals surface area contributed by atoms with Crippen molar-refractivity contribution in [3.63, 3.8) is 0 Å². The summed E-state index contributed by atoms with van der Waals surface area (Å²) in [4.78, 5) is 15.2. The zero-order chi connectivity index (χ0) is 10.9. The Labute approximate surface area is 86.5 Å². The third-order valence-corrected chi connectivity index (χ3v) is 2.36. The van der Waals surface area contributed by atoms with E-state index in [4.69, 9.17) is 11.5 Å². The molecule has 0 atom stereocenters. The van der Waals surface area contributed by atoms with Gasteiger partial charge in [0.1, 0.15) is 10.7 Å². The van der Waals surface area contributed by atoms with E-state index in [2.05, 4.69) is 10.3 Å².